The highest BCUT2D eigenvalue weighted by molar-refractivity contribution is 5.53. The first-order chi connectivity index (χ1) is 11.5. The summed E-state index contributed by atoms with van der Waals surface area (Å²) in [5, 5.41) is 8.05. The van der Waals surface area contributed by atoms with Gasteiger partial charge in [-0.15, -0.1) is 10.2 Å². The van der Waals surface area contributed by atoms with Crippen LogP contribution in [-0.2, 0) is 19.1 Å². The summed E-state index contributed by atoms with van der Waals surface area (Å²) in [4.78, 5) is 4.12. The van der Waals surface area contributed by atoms with Crippen molar-refractivity contribution in [1.82, 2.24) is 19.7 Å². The zero-order valence-electron chi connectivity index (χ0n) is 12.5. The normalized spacial score (nSPS) is 17.7. The zero-order valence-corrected chi connectivity index (χ0v) is 12.5. The molecule has 0 aliphatic carbocycles. The van der Waals surface area contributed by atoms with Gasteiger partial charge >= 0.3 is 6.18 Å². The Balaban J connectivity index is 1.55. The van der Waals surface area contributed by atoms with Gasteiger partial charge in [0, 0.05) is 36.3 Å². The summed E-state index contributed by atoms with van der Waals surface area (Å²) in [6.45, 7) is 0.831. The fourth-order valence-electron chi connectivity index (χ4n) is 2.90. The Morgan fingerprint density at radius 2 is 1.92 bits per heavy atom. The van der Waals surface area contributed by atoms with Gasteiger partial charge in [0.25, 0.3) is 0 Å². The summed E-state index contributed by atoms with van der Waals surface area (Å²) in [6, 6.07) is 4.71. The van der Waals surface area contributed by atoms with Crippen LogP contribution in [-0.4, -0.2) is 19.7 Å². The van der Waals surface area contributed by atoms with Gasteiger partial charge in [-0.05, 0) is 30.7 Å². The number of aryl methyl sites for hydroxylation is 1. The molecule has 1 aliphatic heterocycles. The van der Waals surface area contributed by atoms with E-state index in [1.807, 2.05) is 6.20 Å². The summed E-state index contributed by atoms with van der Waals surface area (Å²) >= 11 is 0. The van der Waals surface area contributed by atoms with Crippen molar-refractivity contribution in [2.24, 2.45) is 0 Å². The molecule has 0 N–H and O–H groups in total. The van der Waals surface area contributed by atoms with Crippen molar-refractivity contribution in [2.45, 2.75) is 31.5 Å². The molecule has 124 valence electrons. The van der Waals surface area contributed by atoms with E-state index in [-0.39, 0.29) is 11.8 Å². The summed E-state index contributed by atoms with van der Waals surface area (Å²) in [5.74, 6) is 0.847. The molecule has 0 amide bonds. The fraction of sp³-hybridized carbons (Fsp3) is 0.312. The third-order valence-corrected chi connectivity index (χ3v) is 4.22. The lowest BCUT2D eigenvalue weighted by Crippen LogP contribution is -2.17. The van der Waals surface area contributed by atoms with Crippen molar-refractivity contribution in [3.63, 3.8) is 0 Å². The van der Waals surface area contributed by atoms with Crippen LogP contribution in [0.5, 0.6) is 0 Å². The Morgan fingerprint density at radius 1 is 1.12 bits per heavy atom. The van der Waals surface area contributed by atoms with Gasteiger partial charge in [-0.1, -0.05) is 0 Å². The Labute approximate surface area is 135 Å². The number of aromatic nitrogens is 4. The minimum absolute atomic E-state index is 0.102. The van der Waals surface area contributed by atoms with Crippen LogP contribution >= 0.6 is 0 Å². The topological polar surface area (TPSA) is 56.7 Å². The van der Waals surface area contributed by atoms with Crippen molar-refractivity contribution in [3.05, 3.63) is 53.9 Å². The third kappa shape index (κ3) is 2.68. The van der Waals surface area contributed by atoms with Crippen LogP contribution in [0.15, 0.2) is 41.2 Å². The maximum absolute atomic E-state index is 12.6. The van der Waals surface area contributed by atoms with Crippen LogP contribution in [0.3, 0.4) is 0 Å². The number of alkyl halides is 3. The number of hydrogen-bond donors (Lipinski definition) is 0. The van der Waals surface area contributed by atoms with Crippen LogP contribution in [0.2, 0.25) is 0 Å². The number of rotatable bonds is 2. The van der Waals surface area contributed by atoms with Gasteiger partial charge in [-0.3, -0.25) is 0 Å². The first kappa shape index (κ1) is 14.9. The minimum Gasteiger partial charge on any atom is -0.420 e. The molecule has 1 aromatic carbocycles. The lowest BCUT2D eigenvalue weighted by Gasteiger charge is -2.20. The van der Waals surface area contributed by atoms with Gasteiger partial charge in [0.2, 0.25) is 11.8 Å². The SMILES string of the molecule is FC(F)(F)c1ccc(-c2nnc(C3CCn4cncc4C3)o2)cc1. The first-order valence-corrected chi connectivity index (χ1v) is 7.51. The number of nitrogens with zero attached hydrogens (tertiary/aromatic N) is 4. The third-order valence-electron chi connectivity index (χ3n) is 4.22. The largest absolute Gasteiger partial charge is 0.420 e. The van der Waals surface area contributed by atoms with Crippen LogP contribution < -0.4 is 0 Å². The smallest absolute Gasteiger partial charge is 0.416 e. The second kappa shape index (κ2) is 5.47. The maximum atomic E-state index is 12.6. The summed E-state index contributed by atoms with van der Waals surface area (Å²) in [5.41, 5.74) is 0.884. The molecule has 0 fully saturated rings. The summed E-state index contributed by atoms with van der Waals surface area (Å²) in [6.07, 6.45) is 0.878. The molecule has 0 radical (unpaired) electrons. The number of fused-ring (bicyclic) bond motifs is 1. The monoisotopic (exact) mass is 334 g/mol. The summed E-state index contributed by atoms with van der Waals surface area (Å²) in [7, 11) is 0. The van der Waals surface area contributed by atoms with Gasteiger partial charge in [-0.2, -0.15) is 13.2 Å². The van der Waals surface area contributed by atoms with Crippen molar-refractivity contribution < 1.29 is 17.6 Å². The molecule has 1 atom stereocenters. The molecule has 4 rings (SSSR count). The Morgan fingerprint density at radius 3 is 2.67 bits per heavy atom. The van der Waals surface area contributed by atoms with E-state index in [9.17, 15) is 13.2 Å². The highest BCUT2D eigenvalue weighted by Crippen LogP contribution is 2.32. The molecule has 24 heavy (non-hydrogen) atoms. The fourth-order valence-corrected chi connectivity index (χ4v) is 2.90. The molecule has 2 aromatic heterocycles. The highest BCUT2D eigenvalue weighted by atomic mass is 19.4. The van der Waals surface area contributed by atoms with E-state index in [2.05, 4.69) is 19.7 Å². The molecule has 1 aliphatic rings. The minimum atomic E-state index is -4.36. The summed E-state index contributed by atoms with van der Waals surface area (Å²) < 4.78 is 45.6. The van der Waals surface area contributed by atoms with Crippen LogP contribution in [0.4, 0.5) is 13.2 Å². The molecule has 3 heterocycles. The molecule has 8 heteroatoms. The van der Waals surface area contributed by atoms with Gasteiger partial charge in [-0.25, -0.2) is 4.98 Å². The Bertz CT molecular complexity index is 851. The van der Waals surface area contributed by atoms with E-state index < -0.39 is 11.7 Å². The highest BCUT2D eigenvalue weighted by Gasteiger charge is 2.30. The van der Waals surface area contributed by atoms with E-state index in [0.717, 1.165) is 37.2 Å². The van der Waals surface area contributed by atoms with Gasteiger partial charge in [0.1, 0.15) is 0 Å². The lowest BCUT2D eigenvalue weighted by atomic mass is 9.96. The van der Waals surface area contributed by atoms with Crippen molar-refractivity contribution in [2.75, 3.05) is 0 Å². The molecule has 0 bridgehead atoms. The van der Waals surface area contributed by atoms with E-state index in [4.69, 9.17) is 4.42 Å². The molecule has 1 unspecified atom stereocenters. The predicted molar refractivity (Wildman–Crippen MR) is 78.0 cm³/mol. The lowest BCUT2D eigenvalue weighted by molar-refractivity contribution is -0.137. The van der Waals surface area contributed by atoms with Crippen molar-refractivity contribution in [3.8, 4) is 11.5 Å². The Hall–Kier alpha value is -2.64. The van der Waals surface area contributed by atoms with Gasteiger partial charge < -0.3 is 8.98 Å². The quantitative estimate of drug-likeness (QED) is 0.717. The average Bonchev–Trinajstić information content (AvgIpc) is 3.22. The average molecular weight is 334 g/mol. The number of imidazole rings is 1. The molecule has 5 nitrogen and oxygen atoms in total. The van der Waals surface area contributed by atoms with E-state index >= 15 is 0 Å². The van der Waals surface area contributed by atoms with Crippen molar-refractivity contribution >= 4 is 0 Å². The standard InChI is InChI=1S/C16H13F3N4O/c17-16(18,19)12-3-1-10(2-4-12)14-21-22-15(24-14)11-5-6-23-9-20-8-13(23)7-11/h1-4,8-9,11H,5-7H2. The number of hydrogen-bond acceptors (Lipinski definition) is 4. The zero-order chi connectivity index (χ0) is 16.7. The van der Waals surface area contributed by atoms with Crippen molar-refractivity contribution in [1.29, 1.82) is 0 Å². The van der Waals surface area contributed by atoms with E-state index in [0.29, 0.717) is 11.5 Å². The van der Waals surface area contributed by atoms with Gasteiger partial charge in [0.15, 0.2) is 0 Å². The number of halogens is 3. The molecular weight excluding hydrogens is 321 g/mol. The van der Waals surface area contributed by atoms with Gasteiger partial charge in [0.05, 0.1) is 11.9 Å². The molecular formula is C16H13F3N4O. The molecule has 0 spiro atoms. The molecule has 3 aromatic rings. The van der Waals surface area contributed by atoms with Crippen LogP contribution in [0.25, 0.3) is 11.5 Å². The van der Waals surface area contributed by atoms with E-state index in [1.54, 1.807) is 6.33 Å². The Kier molecular flexibility index (Phi) is 3.40. The molecule has 0 saturated carbocycles. The molecule has 0 saturated heterocycles. The maximum Gasteiger partial charge on any atom is 0.416 e. The second-order valence-corrected chi connectivity index (χ2v) is 5.79. The first-order valence-electron chi connectivity index (χ1n) is 7.51. The second-order valence-electron chi connectivity index (χ2n) is 5.79. The van der Waals surface area contributed by atoms with E-state index in [1.165, 1.54) is 12.1 Å². The van der Waals surface area contributed by atoms with Crippen LogP contribution in [0, 0.1) is 0 Å². The number of benzene rings is 1. The van der Waals surface area contributed by atoms with Crippen LogP contribution in [0.1, 0.15) is 29.5 Å². The predicted octanol–water partition coefficient (Wildman–Crippen LogP) is 3.68.